The van der Waals surface area contributed by atoms with Gasteiger partial charge in [0.1, 0.15) is 5.02 Å². The minimum absolute atomic E-state index is 0.0244. The van der Waals surface area contributed by atoms with Gasteiger partial charge in [0, 0.05) is 36.0 Å². The number of carbonyl (C=O) groups is 2. The third kappa shape index (κ3) is 4.19. The Morgan fingerprint density at radius 1 is 1.06 bits per heavy atom. The molecule has 0 spiro atoms. The maximum absolute atomic E-state index is 13.5. The Kier molecular flexibility index (Phi) is 6.16. The molecule has 1 heterocycles. The summed E-state index contributed by atoms with van der Waals surface area (Å²) in [5.41, 5.74) is 2.16. The van der Waals surface area contributed by atoms with E-state index >= 15 is 0 Å². The molecule has 7 nitrogen and oxygen atoms in total. The number of nitro benzene ring substituents is 1. The lowest BCUT2D eigenvalue weighted by Gasteiger charge is -2.43. The number of anilines is 2. The van der Waals surface area contributed by atoms with Gasteiger partial charge in [-0.3, -0.25) is 19.7 Å². The molecular weight excluding hydrogens is 442 g/mol. The van der Waals surface area contributed by atoms with Gasteiger partial charge in [0.2, 0.25) is 5.91 Å². The van der Waals surface area contributed by atoms with E-state index in [1.165, 1.54) is 25.1 Å². The van der Waals surface area contributed by atoms with Crippen LogP contribution in [0.2, 0.25) is 5.02 Å². The predicted molar refractivity (Wildman–Crippen MR) is 128 cm³/mol. The Bertz CT molecular complexity index is 1230. The lowest BCUT2D eigenvalue weighted by Crippen LogP contribution is -2.47. The van der Waals surface area contributed by atoms with E-state index in [-0.39, 0.29) is 40.2 Å². The number of amides is 2. The largest absolute Gasteiger partial charge is 0.305 e. The molecule has 33 heavy (non-hydrogen) atoms. The molecule has 1 aliphatic rings. The van der Waals surface area contributed by atoms with Crippen molar-refractivity contribution in [2.45, 2.75) is 32.4 Å². The second-order valence-corrected chi connectivity index (χ2v) is 8.39. The van der Waals surface area contributed by atoms with Gasteiger partial charge in [0.25, 0.3) is 11.6 Å². The molecule has 0 saturated heterocycles. The zero-order valence-corrected chi connectivity index (χ0v) is 18.9. The number of halogens is 1. The van der Waals surface area contributed by atoms with Crippen molar-refractivity contribution in [3.8, 4) is 0 Å². The summed E-state index contributed by atoms with van der Waals surface area (Å²) in [7, 11) is 0. The second-order valence-electron chi connectivity index (χ2n) is 7.98. The first kappa shape index (κ1) is 22.5. The van der Waals surface area contributed by atoms with Crippen molar-refractivity contribution in [3.05, 3.63) is 99.1 Å². The summed E-state index contributed by atoms with van der Waals surface area (Å²) in [5.74, 6) is -0.455. The zero-order valence-electron chi connectivity index (χ0n) is 18.1. The van der Waals surface area contributed by atoms with Crippen LogP contribution in [0.1, 0.15) is 42.2 Å². The molecule has 3 aromatic rings. The van der Waals surface area contributed by atoms with Crippen molar-refractivity contribution in [2.75, 3.05) is 9.80 Å². The van der Waals surface area contributed by atoms with Crippen LogP contribution in [0.4, 0.5) is 17.1 Å². The molecule has 0 saturated carbocycles. The lowest BCUT2D eigenvalue weighted by atomic mass is 9.89. The Balaban J connectivity index is 1.78. The van der Waals surface area contributed by atoms with E-state index in [1.54, 1.807) is 9.80 Å². The number of hydrogen-bond acceptors (Lipinski definition) is 4. The molecule has 0 aliphatic carbocycles. The maximum atomic E-state index is 13.5. The minimum Gasteiger partial charge on any atom is -0.305 e. The van der Waals surface area contributed by atoms with E-state index in [0.29, 0.717) is 12.1 Å². The summed E-state index contributed by atoms with van der Waals surface area (Å²) < 4.78 is 0. The van der Waals surface area contributed by atoms with Crippen LogP contribution in [0.25, 0.3) is 0 Å². The normalized spacial score (nSPS) is 17.2. The summed E-state index contributed by atoms with van der Waals surface area (Å²) in [6.07, 6.45) is 0.507. The highest BCUT2D eigenvalue weighted by Gasteiger charge is 2.38. The molecule has 2 amide bonds. The van der Waals surface area contributed by atoms with Crippen LogP contribution in [0.5, 0.6) is 0 Å². The molecular formula is C25H22ClN3O4. The summed E-state index contributed by atoms with van der Waals surface area (Å²) in [4.78, 5) is 40.3. The molecule has 3 aromatic carbocycles. The maximum Gasteiger partial charge on any atom is 0.288 e. The molecule has 0 radical (unpaired) electrons. The van der Waals surface area contributed by atoms with E-state index < -0.39 is 4.92 Å². The highest BCUT2D eigenvalue weighted by Crippen LogP contribution is 2.43. The van der Waals surface area contributed by atoms with E-state index in [0.717, 1.165) is 11.3 Å². The van der Waals surface area contributed by atoms with Gasteiger partial charge in [0.15, 0.2) is 0 Å². The molecule has 0 bridgehead atoms. The number of nitro groups is 1. The molecule has 0 aromatic heterocycles. The summed E-state index contributed by atoms with van der Waals surface area (Å²) in [6.45, 7) is 3.44. The fourth-order valence-electron chi connectivity index (χ4n) is 4.43. The number of benzene rings is 3. The van der Waals surface area contributed by atoms with Gasteiger partial charge in [-0.2, -0.15) is 0 Å². The highest BCUT2D eigenvalue weighted by molar-refractivity contribution is 6.32. The van der Waals surface area contributed by atoms with Gasteiger partial charge in [0.05, 0.1) is 11.0 Å². The van der Waals surface area contributed by atoms with Crippen LogP contribution in [0, 0.1) is 10.1 Å². The predicted octanol–water partition coefficient (Wildman–Crippen LogP) is 5.78. The van der Waals surface area contributed by atoms with Crippen LogP contribution in [-0.4, -0.2) is 22.8 Å². The number of hydrogen-bond donors (Lipinski definition) is 0. The Morgan fingerprint density at radius 2 is 1.73 bits per heavy atom. The highest BCUT2D eigenvalue weighted by atomic mass is 35.5. The van der Waals surface area contributed by atoms with Crippen molar-refractivity contribution in [3.63, 3.8) is 0 Å². The van der Waals surface area contributed by atoms with Crippen LogP contribution >= 0.6 is 11.6 Å². The summed E-state index contributed by atoms with van der Waals surface area (Å²) >= 11 is 5.93. The monoisotopic (exact) mass is 463 g/mol. The Hall–Kier alpha value is -3.71. The number of para-hydroxylation sites is 2. The van der Waals surface area contributed by atoms with Crippen LogP contribution < -0.4 is 9.80 Å². The first-order valence-electron chi connectivity index (χ1n) is 10.5. The smallest absolute Gasteiger partial charge is 0.288 e. The topological polar surface area (TPSA) is 83.8 Å². The fourth-order valence-corrected chi connectivity index (χ4v) is 4.62. The Morgan fingerprint density at radius 3 is 2.39 bits per heavy atom. The molecule has 2 unspecified atom stereocenters. The van der Waals surface area contributed by atoms with E-state index in [1.807, 2.05) is 61.5 Å². The third-order valence-corrected chi connectivity index (χ3v) is 6.17. The van der Waals surface area contributed by atoms with Gasteiger partial charge in [-0.25, -0.2) is 0 Å². The van der Waals surface area contributed by atoms with Gasteiger partial charge < -0.3 is 9.80 Å². The average Bonchev–Trinajstić information content (AvgIpc) is 2.79. The van der Waals surface area contributed by atoms with Gasteiger partial charge >= 0.3 is 0 Å². The average molecular weight is 464 g/mol. The summed E-state index contributed by atoms with van der Waals surface area (Å²) in [6, 6.07) is 20.4. The van der Waals surface area contributed by atoms with Crippen molar-refractivity contribution in [1.82, 2.24) is 0 Å². The molecule has 0 N–H and O–H groups in total. The van der Waals surface area contributed by atoms with Gasteiger partial charge in [-0.1, -0.05) is 48.0 Å². The van der Waals surface area contributed by atoms with Crippen molar-refractivity contribution in [1.29, 1.82) is 0 Å². The Labute approximate surface area is 196 Å². The van der Waals surface area contributed by atoms with E-state index in [9.17, 15) is 19.7 Å². The van der Waals surface area contributed by atoms with Gasteiger partial charge in [-0.05, 0) is 49.2 Å². The van der Waals surface area contributed by atoms with Crippen molar-refractivity contribution in [2.24, 2.45) is 0 Å². The third-order valence-electron chi connectivity index (χ3n) is 5.85. The molecule has 1 aliphatic heterocycles. The second kappa shape index (κ2) is 9.03. The van der Waals surface area contributed by atoms with Crippen LogP contribution in [0.15, 0.2) is 72.8 Å². The number of fused-ring (bicyclic) bond motifs is 1. The number of nitrogens with zero attached hydrogens (tertiary/aromatic N) is 3. The van der Waals surface area contributed by atoms with Crippen LogP contribution in [-0.2, 0) is 4.79 Å². The van der Waals surface area contributed by atoms with Crippen LogP contribution in [0.3, 0.4) is 0 Å². The molecule has 0 fully saturated rings. The zero-order chi connectivity index (χ0) is 23.7. The minimum atomic E-state index is -0.604. The summed E-state index contributed by atoms with van der Waals surface area (Å²) in [5, 5.41) is 11.3. The van der Waals surface area contributed by atoms with E-state index in [2.05, 4.69) is 0 Å². The number of rotatable bonds is 4. The van der Waals surface area contributed by atoms with Gasteiger partial charge in [-0.15, -0.1) is 0 Å². The molecule has 4 rings (SSSR count). The first-order valence-corrected chi connectivity index (χ1v) is 10.9. The standard InChI is InChI=1S/C25H22ClN3O4/c1-16-14-23(28(17(2)30)19-8-4-3-5-9-19)20-10-6-7-11-22(20)27(16)25(31)18-12-13-21(26)24(15-18)29(32)33/h3-13,15-16,23H,14H2,1-2H3. The number of carbonyl (C=O) groups excluding carboxylic acids is 2. The lowest BCUT2D eigenvalue weighted by molar-refractivity contribution is -0.384. The quantitative estimate of drug-likeness (QED) is 0.362. The first-order chi connectivity index (χ1) is 15.8. The molecule has 8 heteroatoms. The van der Waals surface area contributed by atoms with Crippen molar-refractivity contribution >= 4 is 40.5 Å². The molecule has 168 valence electrons. The molecule has 2 atom stereocenters. The SMILES string of the molecule is CC(=O)N(c1ccccc1)C1CC(C)N(C(=O)c2ccc(Cl)c([N+](=O)[O-])c2)c2ccccc21. The van der Waals surface area contributed by atoms with E-state index in [4.69, 9.17) is 11.6 Å². The fraction of sp³-hybridized carbons (Fsp3) is 0.200. The van der Waals surface area contributed by atoms with Crippen molar-refractivity contribution < 1.29 is 14.5 Å².